The third kappa shape index (κ3) is 5.03. The highest BCUT2D eigenvalue weighted by Crippen LogP contribution is 2.24. The maximum atomic E-state index is 12.3. The Hall–Kier alpha value is -2.97. The largest absolute Gasteiger partial charge is 0.305 e. The zero-order valence-electron chi connectivity index (χ0n) is 17.0. The van der Waals surface area contributed by atoms with Crippen molar-refractivity contribution in [3.05, 3.63) is 76.8 Å². The van der Waals surface area contributed by atoms with E-state index < -0.39 is 0 Å². The molecule has 1 heterocycles. The molecule has 0 fully saturated rings. The number of rotatable bonds is 6. The number of nitrogens with zero attached hydrogens (tertiary/aromatic N) is 4. The van der Waals surface area contributed by atoms with Crippen LogP contribution in [0.2, 0.25) is 0 Å². The van der Waals surface area contributed by atoms with Gasteiger partial charge in [0.2, 0.25) is 0 Å². The third-order valence-corrected chi connectivity index (χ3v) is 6.33. The molecule has 0 saturated carbocycles. The maximum Gasteiger partial charge on any atom is 0.250 e. The number of aromatic nitrogens is 3. The molecule has 8 heteroatoms. The van der Waals surface area contributed by atoms with Crippen LogP contribution in [0.15, 0.2) is 81.5 Å². The molecule has 0 bridgehead atoms. The van der Waals surface area contributed by atoms with Gasteiger partial charge in [-0.25, -0.2) is 5.43 Å². The molecule has 4 rings (SSSR count). The van der Waals surface area contributed by atoms with E-state index in [0.717, 1.165) is 32.5 Å². The van der Waals surface area contributed by atoms with Gasteiger partial charge in [0.25, 0.3) is 5.91 Å². The highest BCUT2D eigenvalue weighted by atomic mass is 79.9. The quantitative estimate of drug-likeness (QED) is 0.232. The van der Waals surface area contributed by atoms with Crippen molar-refractivity contribution >= 4 is 50.1 Å². The van der Waals surface area contributed by atoms with Gasteiger partial charge in [-0.3, -0.25) is 4.79 Å². The molecule has 0 unspecified atom stereocenters. The lowest BCUT2D eigenvalue weighted by molar-refractivity contribution is -0.118. The lowest BCUT2D eigenvalue weighted by Crippen LogP contribution is -2.21. The molecule has 1 N–H and O–H groups in total. The van der Waals surface area contributed by atoms with Gasteiger partial charge in [0.15, 0.2) is 11.0 Å². The summed E-state index contributed by atoms with van der Waals surface area (Å²) in [4.78, 5) is 12.3. The third-order valence-electron chi connectivity index (χ3n) is 4.79. The molecular weight excluding hydrogens is 474 g/mol. The summed E-state index contributed by atoms with van der Waals surface area (Å²) in [6, 6.07) is 22.1. The van der Waals surface area contributed by atoms with Crippen LogP contribution in [0, 0.1) is 0 Å². The van der Waals surface area contributed by atoms with Gasteiger partial charge in [0.05, 0.1) is 11.5 Å². The number of carbonyl (C=O) groups is 1. The van der Waals surface area contributed by atoms with E-state index in [9.17, 15) is 4.79 Å². The SMILES string of the molecule is CC(=NNC(=O)CSc1nnc(-c2ccc(Br)cc2)n1C)c1ccc2ccccc2c1. The molecule has 0 spiro atoms. The molecule has 31 heavy (non-hydrogen) atoms. The number of amides is 1. The van der Waals surface area contributed by atoms with Crippen molar-refractivity contribution in [3.8, 4) is 11.4 Å². The zero-order valence-corrected chi connectivity index (χ0v) is 19.4. The number of thioether (sulfide) groups is 1. The first-order valence-electron chi connectivity index (χ1n) is 9.62. The minimum atomic E-state index is -0.196. The van der Waals surface area contributed by atoms with Crippen LogP contribution in [0.25, 0.3) is 22.2 Å². The first kappa shape index (κ1) is 21.3. The number of halogens is 1. The van der Waals surface area contributed by atoms with Crippen LogP contribution in [0.3, 0.4) is 0 Å². The zero-order chi connectivity index (χ0) is 21.8. The molecule has 6 nitrogen and oxygen atoms in total. The van der Waals surface area contributed by atoms with Crippen molar-refractivity contribution < 1.29 is 4.79 Å². The van der Waals surface area contributed by atoms with Gasteiger partial charge >= 0.3 is 0 Å². The molecule has 1 amide bonds. The summed E-state index contributed by atoms with van der Waals surface area (Å²) in [5.41, 5.74) is 5.31. The summed E-state index contributed by atoms with van der Waals surface area (Å²) in [5.74, 6) is 0.750. The predicted molar refractivity (Wildman–Crippen MR) is 129 cm³/mol. The van der Waals surface area contributed by atoms with Crippen molar-refractivity contribution in [3.63, 3.8) is 0 Å². The van der Waals surface area contributed by atoms with E-state index in [0.29, 0.717) is 5.16 Å². The van der Waals surface area contributed by atoms with Gasteiger partial charge in [0.1, 0.15) is 0 Å². The van der Waals surface area contributed by atoms with E-state index >= 15 is 0 Å². The highest BCUT2D eigenvalue weighted by Gasteiger charge is 2.13. The van der Waals surface area contributed by atoms with Crippen LogP contribution in [-0.2, 0) is 11.8 Å². The Morgan fingerprint density at radius 1 is 1.06 bits per heavy atom. The van der Waals surface area contributed by atoms with E-state index in [1.807, 2.05) is 61.0 Å². The van der Waals surface area contributed by atoms with Gasteiger partial charge < -0.3 is 4.57 Å². The second-order valence-electron chi connectivity index (χ2n) is 6.95. The molecule has 0 radical (unpaired) electrons. The van der Waals surface area contributed by atoms with Crippen LogP contribution >= 0.6 is 27.7 Å². The van der Waals surface area contributed by atoms with E-state index in [4.69, 9.17) is 0 Å². The number of carbonyl (C=O) groups excluding carboxylic acids is 1. The van der Waals surface area contributed by atoms with Crippen LogP contribution in [0.4, 0.5) is 0 Å². The fourth-order valence-corrected chi connectivity index (χ4v) is 4.05. The van der Waals surface area contributed by atoms with Crippen molar-refractivity contribution in [2.45, 2.75) is 12.1 Å². The Labute approximate surface area is 192 Å². The summed E-state index contributed by atoms with van der Waals surface area (Å²) in [5, 5.41) is 15.7. The Kier molecular flexibility index (Phi) is 6.48. The Morgan fingerprint density at radius 3 is 2.58 bits per heavy atom. The Balaban J connectivity index is 1.37. The standard InChI is InChI=1S/C23H20BrN5OS/c1-15(18-8-7-16-5-3-4-6-19(16)13-18)25-26-21(30)14-31-23-28-27-22(29(23)2)17-9-11-20(24)12-10-17/h3-13H,14H2,1-2H3,(H,26,30). The smallest absolute Gasteiger partial charge is 0.250 e. The molecular formula is C23H20BrN5OS. The van der Waals surface area contributed by atoms with Crippen molar-refractivity contribution in [2.75, 3.05) is 5.75 Å². The molecule has 4 aromatic rings. The predicted octanol–water partition coefficient (Wildman–Crippen LogP) is 5.03. The van der Waals surface area contributed by atoms with E-state index in [-0.39, 0.29) is 11.7 Å². The monoisotopic (exact) mass is 493 g/mol. The van der Waals surface area contributed by atoms with Gasteiger partial charge in [0, 0.05) is 17.1 Å². The van der Waals surface area contributed by atoms with Gasteiger partial charge in [-0.1, -0.05) is 76.2 Å². The number of hydrogen-bond acceptors (Lipinski definition) is 5. The molecule has 3 aromatic carbocycles. The fourth-order valence-electron chi connectivity index (χ4n) is 3.08. The van der Waals surface area contributed by atoms with Crippen molar-refractivity contribution in [2.24, 2.45) is 12.1 Å². The summed E-state index contributed by atoms with van der Waals surface area (Å²) in [6.45, 7) is 1.88. The average Bonchev–Trinajstić information content (AvgIpc) is 3.16. The number of benzene rings is 3. The first-order valence-corrected chi connectivity index (χ1v) is 11.4. The molecule has 156 valence electrons. The van der Waals surface area contributed by atoms with Gasteiger partial charge in [-0.2, -0.15) is 5.10 Å². The fraction of sp³-hybridized carbons (Fsp3) is 0.130. The topological polar surface area (TPSA) is 72.2 Å². The number of nitrogens with one attached hydrogen (secondary N) is 1. The lowest BCUT2D eigenvalue weighted by atomic mass is 10.0. The molecule has 0 saturated heterocycles. The minimum Gasteiger partial charge on any atom is -0.305 e. The summed E-state index contributed by atoms with van der Waals surface area (Å²) in [6.07, 6.45) is 0. The van der Waals surface area contributed by atoms with Gasteiger partial charge in [-0.15, -0.1) is 10.2 Å². The number of fused-ring (bicyclic) bond motifs is 1. The molecule has 0 aliphatic rings. The second-order valence-corrected chi connectivity index (χ2v) is 8.81. The van der Waals surface area contributed by atoms with Gasteiger partial charge in [-0.05, 0) is 41.5 Å². The summed E-state index contributed by atoms with van der Waals surface area (Å²) in [7, 11) is 1.89. The summed E-state index contributed by atoms with van der Waals surface area (Å²) >= 11 is 4.75. The average molecular weight is 494 g/mol. The number of hydrogen-bond donors (Lipinski definition) is 1. The van der Waals surface area contributed by atoms with Crippen LogP contribution in [0.1, 0.15) is 12.5 Å². The van der Waals surface area contributed by atoms with Crippen LogP contribution in [-0.4, -0.2) is 32.1 Å². The highest BCUT2D eigenvalue weighted by molar-refractivity contribution is 9.10. The molecule has 0 aliphatic heterocycles. The van der Waals surface area contributed by atoms with E-state index in [1.54, 1.807) is 0 Å². The first-order chi connectivity index (χ1) is 15.0. The van der Waals surface area contributed by atoms with E-state index in [2.05, 4.69) is 60.9 Å². The van der Waals surface area contributed by atoms with Crippen LogP contribution < -0.4 is 5.43 Å². The lowest BCUT2D eigenvalue weighted by Gasteiger charge is -2.05. The van der Waals surface area contributed by atoms with E-state index in [1.165, 1.54) is 17.1 Å². The molecule has 0 aliphatic carbocycles. The maximum absolute atomic E-state index is 12.3. The Bertz CT molecular complexity index is 1270. The second kappa shape index (κ2) is 9.45. The normalized spacial score (nSPS) is 11.6. The molecule has 0 atom stereocenters. The molecule has 1 aromatic heterocycles. The summed E-state index contributed by atoms with van der Waals surface area (Å²) < 4.78 is 2.88. The van der Waals surface area contributed by atoms with Crippen molar-refractivity contribution in [1.29, 1.82) is 0 Å². The van der Waals surface area contributed by atoms with Crippen LogP contribution in [0.5, 0.6) is 0 Å². The minimum absolute atomic E-state index is 0.195. The van der Waals surface area contributed by atoms with Crippen molar-refractivity contribution in [1.82, 2.24) is 20.2 Å². The number of hydrazone groups is 1. The Morgan fingerprint density at radius 2 is 1.81 bits per heavy atom.